The summed E-state index contributed by atoms with van der Waals surface area (Å²) in [6.07, 6.45) is 1.70. The molecule has 0 saturated carbocycles. The Bertz CT molecular complexity index is 999. The van der Waals surface area contributed by atoms with Crippen molar-refractivity contribution in [3.8, 4) is 17.2 Å². The quantitative estimate of drug-likeness (QED) is 0.657. The molecule has 1 unspecified atom stereocenters. The van der Waals surface area contributed by atoms with Gasteiger partial charge in [-0.3, -0.25) is 4.79 Å². The highest BCUT2D eigenvalue weighted by atomic mass is 19.1. The highest BCUT2D eigenvalue weighted by Gasteiger charge is 2.17. The molecular weight excluding hydrogens is 373 g/mol. The van der Waals surface area contributed by atoms with Crippen LogP contribution in [0.1, 0.15) is 29.8 Å². The van der Waals surface area contributed by atoms with Crippen LogP contribution in [0.3, 0.4) is 0 Å². The molecule has 0 aliphatic carbocycles. The molecule has 6 nitrogen and oxygen atoms in total. The van der Waals surface area contributed by atoms with Gasteiger partial charge in [0.2, 0.25) is 0 Å². The Balaban J connectivity index is 1.64. The summed E-state index contributed by atoms with van der Waals surface area (Å²) in [5.74, 6) is 0.544. The standard InChI is InChI=1S/C22H24FN3O3/c1-14-5-10-20(21(11-14)28-4)29-13-22(27)25-15(2)19-12-24-26(16(19)3)18-8-6-17(23)7-9-18/h5-12,15H,13H2,1-4H3,(H,25,27). The number of methoxy groups -OCH3 is 1. The van der Waals surface area contributed by atoms with E-state index in [2.05, 4.69) is 10.4 Å². The van der Waals surface area contributed by atoms with Crippen molar-refractivity contribution < 1.29 is 18.7 Å². The number of ether oxygens (including phenoxy) is 2. The number of carbonyl (C=O) groups is 1. The molecule has 0 aliphatic heterocycles. The van der Waals surface area contributed by atoms with E-state index >= 15 is 0 Å². The molecule has 0 saturated heterocycles. The normalized spacial score (nSPS) is 11.8. The van der Waals surface area contributed by atoms with Crippen LogP contribution in [0.5, 0.6) is 11.5 Å². The molecule has 1 aromatic heterocycles. The van der Waals surface area contributed by atoms with Crippen LogP contribution in [-0.2, 0) is 4.79 Å². The minimum Gasteiger partial charge on any atom is -0.493 e. The molecule has 0 aliphatic rings. The summed E-state index contributed by atoms with van der Waals surface area (Å²) in [5, 5.41) is 7.28. The Labute approximate surface area is 169 Å². The van der Waals surface area contributed by atoms with Crippen molar-refractivity contribution in [2.75, 3.05) is 13.7 Å². The second-order valence-corrected chi connectivity index (χ2v) is 6.81. The van der Waals surface area contributed by atoms with Crippen molar-refractivity contribution in [2.24, 2.45) is 0 Å². The third kappa shape index (κ3) is 4.74. The second kappa shape index (κ2) is 8.77. The molecule has 3 aromatic rings. The summed E-state index contributed by atoms with van der Waals surface area (Å²) in [7, 11) is 1.56. The van der Waals surface area contributed by atoms with Crippen molar-refractivity contribution in [3.63, 3.8) is 0 Å². The van der Waals surface area contributed by atoms with E-state index in [-0.39, 0.29) is 24.4 Å². The molecule has 0 radical (unpaired) electrons. The van der Waals surface area contributed by atoms with Gasteiger partial charge in [0, 0.05) is 11.3 Å². The number of benzene rings is 2. The van der Waals surface area contributed by atoms with Crippen LogP contribution < -0.4 is 14.8 Å². The molecule has 1 heterocycles. The number of hydrogen-bond donors (Lipinski definition) is 1. The summed E-state index contributed by atoms with van der Waals surface area (Å²) in [5.41, 5.74) is 3.53. The molecule has 1 atom stereocenters. The first-order chi connectivity index (χ1) is 13.9. The van der Waals surface area contributed by atoms with Crippen LogP contribution in [-0.4, -0.2) is 29.4 Å². The summed E-state index contributed by atoms with van der Waals surface area (Å²) in [6, 6.07) is 11.4. The predicted octanol–water partition coefficient (Wildman–Crippen LogP) is 3.89. The summed E-state index contributed by atoms with van der Waals surface area (Å²) >= 11 is 0. The van der Waals surface area contributed by atoms with E-state index in [1.54, 1.807) is 36.2 Å². The Kier molecular flexibility index (Phi) is 6.16. The van der Waals surface area contributed by atoms with Crippen LogP contribution in [0.15, 0.2) is 48.7 Å². The van der Waals surface area contributed by atoms with E-state index in [9.17, 15) is 9.18 Å². The molecule has 0 spiro atoms. The van der Waals surface area contributed by atoms with Gasteiger partial charge >= 0.3 is 0 Å². The molecule has 29 heavy (non-hydrogen) atoms. The third-order valence-corrected chi connectivity index (χ3v) is 4.64. The number of nitrogens with zero attached hydrogens (tertiary/aromatic N) is 2. The Hall–Kier alpha value is -3.35. The maximum Gasteiger partial charge on any atom is 0.258 e. The van der Waals surface area contributed by atoms with Gasteiger partial charge in [0.1, 0.15) is 5.82 Å². The van der Waals surface area contributed by atoms with Crippen molar-refractivity contribution in [3.05, 3.63) is 71.3 Å². The predicted molar refractivity (Wildman–Crippen MR) is 108 cm³/mol. The zero-order valence-electron chi connectivity index (χ0n) is 16.9. The number of aromatic nitrogens is 2. The van der Waals surface area contributed by atoms with Crippen LogP contribution >= 0.6 is 0 Å². The van der Waals surface area contributed by atoms with E-state index in [0.29, 0.717) is 11.5 Å². The fraction of sp³-hybridized carbons (Fsp3) is 0.273. The van der Waals surface area contributed by atoms with Gasteiger partial charge in [0.05, 0.1) is 25.0 Å². The van der Waals surface area contributed by atoms with Crippen LogP contribution in [0.25, 0.3) is 5.69 Å². The first-order valence-electron chi connectivity index (χ1n) is 9.26. The molecule has 1 amide bonds. The number of rotatable bonds is 7. The lowest BCUT2D eigenvalue weighted by atomic mass is 10.1. The zero-order chi connectivity index (χ0) is 21.0. The van der Waals surface area contributed by atoms with Crippen molar-refractivity contribution in [2.45, 2.75) is 26.8 Å². The van der Waals surface area contributed by atoms with Crippen LogP contribution in [0.4, 0.5) is 4.39 Å². The summed E-state index contributed by atoms with van der Waals surface area (Å²) < 4.78 is 25.7. The number of hydrogen-bond acceptors (Lipinski definition) is 4. The maximum absolute atomic E-state index is 13.1. The van der Waals surface area contributed by atoms with Crippen LogP contribution in [0.2, 0.25) is 0 Å². The minimum atomic E-state index is -0.301. The van der Waals surface area contributed by atoms with Gasteiger partial charge in [-0.25, -0.2) is 9.07 Å². The van der Waals surface area contributed by atoms with E-state index in [0.717, 1.165) is 22.5 Å². The Morgan fingerprint density at radius 2 is 1.90 bits per heavy atom. The van der Waals surface area contributed by atoms with Gasteiger partial charge < -0.3 is 14.8 Å². The SMILES string of the molecule is COc1cc(C)ccc1OCC(=O)NC(C)c1cnn(-c2ccc(F)cc2)c1C. The fourth-order valence-electron chi connectivity index (χ4n) is 3.09. The van der Waals surface area contributed by atoms with Crippen molar-refractivity contribution >= 4 is 5.91 Å². The van der Waals surface area contributed by atoms with E-state index in [4.69, 9.17) is 9.47 Å². The minimum absolute atomic E-state index is 0.130. The van der Waals surface area contributed by atoms with Gasteiger partial charge in [-0.05, 0) is 62.7 Å². The smallest absolute Gasteiger partial charge is 0.258 e. The summed E-state index contributed by atoms with van der Waals surface area (Å²) in [6.45, 7) is 5.61. The monoisotopic (exact) mass is 397 g/mol. The lowest BCUT2D eigenvalue weighted by molar-refractivity contribution is -0.123. The molecule has 7 heteroatoms. The van der Waals surface area contributed by atoms with E-state index < -0.39 is 0 Å². The first kappa shape index (κ1) is 20.4. The largest absolute Gasteiger partial charge is 0.493 e. The van der Waals surface area contributed by atoms with Crippen molar-refractivity contribution in [1.82, 2.24) is 15.1 Å². The molecule has 152 valence electrons. The first-order valence-corrected chi connectivity index (χ1v) is 9.26. The summed E-state index contributed by atoms with van der Waals surface area (Å²) in [4.78, 5) is 12.3. The van der Waals surface area contributed by atoms with Gasteiger partial charge in [0.25, 0.3) is 5.91 Å². The average molecular weight is 397 g/mol. The molecule has 1 N–H and O–H groups in total. The average Bonchev–Trinajstić information content (AvgIpc) is 3.09. The third-order valence-electron chi connectivity index (χ3n) is 4.64. The van der Waals surface area contributed by atoms with E-state index in [1.807, 2.05) is 32.9 Å². The Morgan fingerprint density at radius 3 is 2.59 bits per heavy atom. The number of halogens is 1. The van der Waals surface area contributed by atoms with Gasteiger partial charge in [-0.1, -0.05) is 6.07 Å². The number of aryl methyl sites for hydroxylation is 1. The fourth-order valence-corrected chi connectivity index (χ4v) is 3.09. The maximum atomic E-state index is 13.1. The molecular formula is C22H24FN3O3. The van der Waals surface area contributed by atoms with Gasteiger partial charge in [0.15, 0.2) is 18.1 Å². The zero-order valence-corrected chi connectivity index (χ0v) is 16.9. The molecule has 3 rings (SSSR count). The van der Waals surface area contributed by atoms with Gasteiger partial charge in [-0.2, -0.15) is 5.10 Å². The Morgan fingerprint density at radius 1 is 1.17 bits per heavy atom. The topological polar surface area (TPSA) is 65.4 Å². The molecule has 0 fully saturated rings. The van der Waals surface area contributed by atoms with E-state index in [1.165, 1.54) is 12.1 Å². The highest BCUT2D eigenvalue weighted by molar-refractivity contribution is 5.78. The lowest BCUT2D eigenvalue weighted by Crippen LogP contribution is -2.31. The number of amides is 1. The van der Waals surface area contributed by atoms with Gasteiger partial charge in [-0.15, -0.1) is 0 Å². The highest BCUT2D eigenvalue weighted by Crippen LogP contribution is 2.27. The van der Waals surface area contributed by atoms with Crippen LogP contribution in [0, 0.1) is 19.7 Å². The molecule has 2 aromatic carbocycles. The molecule has 0 bridgehead atoms. The number of carbonyl (C=O) groups excluding carboxylic acids is 1. The number of nitrogens with one attached hydrogen (secondary N) is 1. The second-order valence-electron chi connectivity index (χ2n) is 6.81. The van der Waals surface area contributed by atoms with Crippen molar-refractivity contribution in [1.29, 1.82) is 0 Å². The lowest BCUT2D eigenvalue weighted by Gasteiger charge is -2.15.